The molecule has 3 aromatic rings. The summed E-state index contributed by atoms with van der Waals surface area (Å²) in [5.74, 6) is 1.66. The van der Waals surface area contributed by atoms with Crippen molar-refractivity contribution in [1.82, 2.24) is 0 Å². The number of phenolic OH excluding ortho intramolecular Hbond substituents is 2. The topological polar surface area (TPSA) is 72.1 Å². The van der Waals surface area contributed by atoms with E-state index < -0.39 is 0 Å². The highest BCUT2D eigenvalue weighted by Gasteiger charge is 2.12. The molecule has 1 heterocycles. The normalized spacial score (nSPS) is 10.8. The molecule has 0 atom stereocenters. The van der Waals surface area contributed by atoms with Gasteiger partial charge in [0.1, 0.15) is 22.8 Å². The molecule has 1 aromatic heterocycles. The van der Waals surface area contributed by atoms with Gasteiger partial charge in [-0.05, 0) is 24.3 Å². The van der Waals surface area contributed by atoms with Gasteiger partial charge in [0.2, 0.25) is 0 Å². The zero-order valence-electron chi connectivity index (χ0n) is 11.6. The van der Waals surface area contributed by atoms with Crippen LogP contribution in [0.1, 0.15) is 0 Å². The van der Waals surface area contributed by atoms with Crippen molar-refractivity contribution in [2.24, 2.45) is 0 Å². The molecule has 0 fully saturated rings. The Labute approximate surface area is 121 Å². The van der Waals surface area contributed by atoms with Gasteiger partial charge in [-0.2, -0.15) is 0 Å². The third-order valence-corrected chi connectivity index (χ3v) is 3.21. The maximum absolute atomic E-state index is 9.55. The van der Waals surface area contributed by atoms with Gasteiger partial charge in [-0.1, -0.05) is 0 Å². The van der Waals surface area contributed by atoms with Gasteiger partial charge in [0.15, 0.2) is 11.5 Å². The molecule has 0 radical (unpaired) electrons. The van der Waals surface area contributed by atoms with Crippen molar-refractivity contribution in [3.05, 3.63) is 36.4 Å². The largest absolute Gasteiger partial charge is 0.508 e. The molecule has 0 aliphatic carbocycles. The minimum absolute atomic E-state index is 0.0272. The van der Waals surface area contributed by atoms with Gasteiger partial charge < -0.3 is 24.1 Å². The Morgan fingerprint density at radius 3 is 2.05 bits per heavy atom. The lowest BCUT2D eigenvalue weighted by molar-refractivity contribution is 0.355. The molecule has 2 N–H and O–H groups in total. The maximum Gasteiger partial charge on any atom is 0.164 e. The molecule has 21 heavy (non-hydrogen) atoms. The fraction of sp³-hybridized carbons (Fsp3) is 0.125. The van der Waals surface area contributed by atoms with E-state index in [4.69, 9.17) is 13.9 Å². The van der Waals surface area contributed by atoms with E-state index in [2.05, 4.69) is 0 Å². The first-order chi connectivity index (χ1) is 10.1. The molecule has 0 aliphatic rings. The Hall–Kier alpha value is -2.82. The lowest BCUT2D eigenvalue weighted by atomic mass is 10.1. The van der Waals surface area contributed by atoms with Crippen molar-refractivity contribution in [1.29, 1.82) is 0 Å². The van der Waals surface area contributed by atoms with Gasteiger partial charge in [0.05, 0.1) is 14.2 Å². The minimum Gasteiger partial charge on any atom is -0.508 e. The Morgan fingerprint density at radius 1 is 0.810 bits per heavy atom. The van der Waals surface area contributed by atoms with Gasteiger partial charge in [0, 0.05) is 23.1 Å². The highest BCUT2D eigenvalue weighted by atomic mass is 16.5. The number of hydrogen-bond donors (Lipinski definition) is 2. The van der Waals surface area contributed by atoms with Crippen molar-refractivity contribution < 1.29 is 24.1 Å². The van der Waals surface area contributed by atoms with Gasteiger partial charge in [-0.15, -0.1) is 0 Å². The zero-order chi connectivity index (χ0) is 15.0. The standard InChI is InChI=1S/C16H14O5/c1-19-15-6-10-5-13(21-14(10)8-16(15)20-2)9-3-11(17)7-12(18)4-9/h3-8,17-18H,1-2H3. The minimum atomic E-state index is -0.0272. The summed E-state index contributed by atoms with van der Waals surface area (Å²) in [5, 5.41) is 19.9. The molecule has 0 bridgehead atoms. The van der Waals surface area contributed by atoms with E-state index in [-0.39, 0.29) is 11.5 Å². The number of hydrogen-bond acceptors (Lipinski definition) is 5. The summed E-state index contributed by atoms with van der Waals surface area (Å²) in [6.07, 6.45) is 0. The highest BCUT2D eigenvalue weighted by molar-refractivity contribution is 5.86. The molecule has 0 amide bonds. The van der Waals surface area contributed by atoms with Crippen LogP contribution in [0, 0.1) is 0 Å². The Bertz CT molecular complexity index is 743. The van der Waals surface area contributed by atoms with Crippen LogP contribution >= 0.6 is 0 Å². The van der Waals surface area contributed by atoms with E-state index in [0.29, 0.717) is 28.4 Å². The summed E-state index contributed by atoms with van der Waals surface area (Å²) in [4.78, 5) is 0. The highest BCUT2D eigenvalue weighted by Crippen LogP contribution is 2.37. The third kappa shape index (κ3) is 2.33. The smallest absolute Gasteiger partial charge is 0.164 e. The second kappa shape index (κ2) is 4.94. The molecule has 3 rings (SSSR count). The monoisotopic (exact) mass is 286 g/mol. The molecule has 5 nitrogen and oxygen atoms in total. The van der Waals surface area contributed by atoms with Crippen LogP contribution in [0.15, 0.2) is 40.8 Å². The number of benzene rings is 2. The van der Waals surface area contributed by atoms with Crippen LogP contribution in [0.3, 0.4) is 0 Å². The second-order valence-electron chi connectivity index (χ2n) is 4.59. The number of ether oxygens (including phenoxy) is 2. The summed E-state index contributed by atoms with van der Waals surface area (Å²) in [7, 11) is 3.12. The summed E-state index contributed by atoms with van der Waals surface area (Å²) >= 11 is 0. The molecule has 0 unspecified atom stereocenters. The van der Waals surface area contributed by atoms with E-state index >= 15 is 0 Å². The zero-order valence-corrected chi connectivity index (χ0v) is 11.6. The maximum atomic E-state index is 9.55. The van der Waals surface area contributed by atoms with Crippen molar-refractivity contribution >= 4 is 11.0 Å². The number of aromatic hydroxyl groups is 2. The van der Waals surface area contributed by atoms with Crippen LogP contribution in [0.2, 0.25) is 0 Å². The molecule has 0 aliphatic heterocycles. The van der Waals surface area contributed by atoms with Crippen LogP contribution < -0.4 is 9.47 Å². The quantitative estimate of drug-likeness (QED) is 0.770. The molecule has 2 aromatic carbocycles. The van der Waals surface area contributed by atoms with Gasteiger partial charge >= 0.3 is 0 Å². The van der Waals surface area contributed by atoms with Gasteiger partial charge in [-0.25, -0.2) is 0 Å². The predicted molar refractivity (Wildman–Crippen MR) is 78.1 cm³/mol. The van der Waals surface area contributed by atoms with Gasteiger partial charge in [0.25, 0.3) is 0 Å². The third-order valence-electron chi connectivity index (χ3n) is 3.21. The number of rotatable bonds is 3. The summed E-state index contributed by atoms with van der Waals surface area (Å²) in [6, 6.07) is 9.66. The predicted octanol–water partition coefficient (Wildman–Crippen LogP) is 3.53. The Balaban J connectivity index is 2.16. The first kappa shape index (κ1) is 13.2. The van der Waals surface area contributed by atoms with Crippen LogP contribution in [-0.4, -0.2) is 24.4 Å². The number of phenols is 2. The van der Waals surface area contributed by atoms with Gasteiger partial charge in [-0.3, -0.25) is 0 Å². The molecule has 0 saturated carbocycles. The number of methoxy groups -OCH3 is 2. The lowest BCUT2D eigenvalue weighted by Gasteiger charge is -2.06. The Kier molecular flexibility index (Phi) is 3.10. The second-order valence-corrected chi connectivity index (χ2v) is 4.59. The Morgan fingerprint density at radius 2 is 1.43 bits per heavy atom. The lowest BCUT2D eigenvalue weighted by Crippen LogP contribution is -1.89. The average Bonchev–Trinajstić information content (AvgIpc) is 2.87. The van der Waals surface area contributed by atoms with Crippen molar-refractivity contribution in [2.75, 3.05) is 14.2 Å². The molecule has 108 valence electrons. The molecule has 0 saturated heterocycles. The van der Waals surface area contributed by atoms with Crippen molar-refractivity contribution in [2.45, 2.75) is 0 Å². The van der Waals surface area contributed by atoms with Crippen LogP contribution in [-0.2, 0) is 0 Å². The molecular formula is C16H14O5. The fourth-order valence-electron chi connectivity index (χ4n) is 2.25. The molecule has 5 heteroatoms. The first-order valence-electron chi connectivity index (χ1n) is 6.29. The number of fused-ring (bicyclic) bond motifs is 1. The molecule has 0 spiro atoms. The fourth-order valence-corrected chi connectivity index (χ4v) is 2.25. The molecular weight excluding hydrogens is 272 g/mol. The SMILES string of the molecule is COc1cc2cc(-c3cc(O)cc(O)c3)oc2cc1OC. The first-order valence-corrected chi connectivity index (χ1v) is 6.29. The van der Waals surface area contributed by atoms with E-state index in [9.17, 15) is 10.2 Å². The van der Waals surface area contributed by atoms with Crippen LogP contribution in [0.4, 0.5) is 0 Å². The average molecular weight is 286 g/mol. The summed E-state index contributed by atoms with van der Waals surface area (Å²) < 4.78 is 16.2. The van der Waals surface area contributed by atoms with Crippen LogP contribution in [0.5, 0.6) is 23.0 Å². The van der Waals surface area contributed by atoms with E-state index in [1.54, 1.807) is 20.3 Å². The van der Waals surface area contributed by atoms with Crippen molar-refractivity contribution in [3.63, 3.8) is 0 Å². The number of furan rings is 1. The van der Waals surface area contributed by atoms with E-state index in [0.717, 1.165) is 5.39 Å². The summed E-state index contributed by atoms with van der Waals surface area (Å²) in [5.41, 5.74) is 1.21. The van der Waals surface area contributed by atoms with E-state index in [1.165, 1.54) is 18.2 Å². The van der Waals surface area contributed by atoms with Crippen molar-refractivity contribution in [3.8, 4) is 34.3 Å². The van der Waals surface area contributed by atoms with Crippen LogP contribution in [0.25, 0.3) is 22.3 Å². The van der Waals surface area contributed by atoms with E-state index in [1.807, 2.05) is 12.1 Å². The summed E-state index contributed by atoms with van der Waals surface area (Å²) in [6.45, 7) is 0.